The molecule has 24 heavy (non-hydrogen) atoms. The van der Waals surface area contributed by atoms with Crippen LogP contribution in [0, 0.1) is 0 Å². The van der Waals surface area contributed by atoms with Gasteiger partial charge in [0.2, 0.25) is 0 Å². The molecule has 0 unspecified atom stereocenters. The lowest BCUT2D eigenvalue weighted by molar-refractivity contribution is -0.254. The van der Waals surface area contributed by atoms with Crippen molar-refractivity contribution in [2.75, 3.05) is 12.9 Å². The number of aryl methyl sites for hydroxylation is 1. The Morgan fingerprint density at radius 3 is 2.12 bits per heavy atom. The van der Waals surface area contributed by atoms with Crippen molar-refractivity contribution < 1.29 is 23.4 Å². The number of hydrogen-bond donors (Lipinski definition) is 1. The molecule has 5 nitrogen and oxygen atoms in total. The van der Waals surface area contributed by atoms with E-state index in [-0.39, 0.29) is 0 Å². The van der Waals surface area contributed by atoms with Crippen LogP contribution < -0.4 is 10.5 Å². The second kappa shape index (κ2) is 10.8. The highest BCUT2D eigenvalue weighted by molar-refractivity contribution is 7.84. The molecule has 2 aromatic rings. The van der Waals surface area contributed by atoms with Crippen LogP contribution in [0.1, 0.15) is 24.8 Å². The van der Waals surface area contributed by atoms with E-state index in [2.05, 4.69) is 36.1 Å². The van der Waals surface area contributed by atoms with E-state index in [9.17, 15) is 0 Å². The Bertz CT molecular complexity index is 662. The molecule has 0 aliphatic carbocycles. The van der Waals surface area contributed by atoms with Gasteiger partial charge >= 0.3 is 0 Å². The lowest BCUT2D eigenvalue weighted by Crippen LogP contribution is -2.39. The summed E-state index contributed by atoms with van der Waals surface area (Å²) in [6.07, 6.45) is 5.32. The lowest BCUT2D eigenvalue weighted by atomic mass is 10.1. The first-order valence-corrected chi connectivity index (χ1v) is 9.66. The first kappa shape index (κ1) is 20.2. The Morgan fingerprint density at radius 1 is 0.958 bits per heavy atom. The molecule has 0 fully saturated rings. The fourth-order valence-electron chi connectivity index (χ4n) is 2.03. The van der Waals surface area contributed by atoms with Gasteiger partial charge in [0.25, 0.3) is 0 Å². The average molecular weight is 351 g/mol. The van der Waals surface area contributed by atoms with Crippen molar-refractivity contribution in [3.8, 4) is 5.75 Å². The summed E-state index contributed by atoms with van der Waals surface area (Å²) in [5.74, 6) is 0.940. The summed E-state index contributed by atoms with van der Waals surface area (Å²) in [7, 11) is -3.92. The topological polar surface area (TPSA) is 94.1 Å². The third-order valence-corrected chi connectivity index (χ3v) is 3.14. The third-order valence-electron chi connectivity index (χ3n) is 3.14. The number of ether oxygens (including phenoxy) is 1. The molecule has 2 aromatic carbocycles. The van der Waals surface area contributed by atoms with Crippen molar-refractivity contribution in [1.29, 1.82) is 0 Å². The molecule has 0 atom stereocenters. The van der Waals surface area contributed by atoms with Gasteiger partial charge in [0.05, 0.1) is 16.7 Å². The van der Waals surface area contributed by atoms with Crippen molar-refractivity contribution in [1.82, 2.24) is 0 Å². The maximum atomic E-state index is 9.08. The van der Waals surface area contributed by atoms with E-state index >= 15 is 0 Å². The molecule has 0 saturated heterocycles. The molecule has 0 aromatic heterocycles. The maximum Gasteiger partial charge on any atom is 0.128 e. The molecule has 0 heterocycles. The fraction of sp³-hybridized carbons (Fsp3) is 0.333. The monoisotopic (exact) mass is 351 g/mol. The van der Waals surface area contributed by atoms with E-state index in [1.54, 1.807) is 0 Å². The smallest absolute Gasteiger partial charge is 0.128 e. The molecule has 0 radical (unpaired) electrons. The third kappa shape index (κ3) is 11.6. The van der Waals surface area contributed by atoms with E-state index in [0.717, 1.165) is 30.9 Å². The van der Waals surface area contributed by atoms with E-state index < -0.39 is 10.1 Å². The van der Waals surface area contributed by atoms with Gasteiger partial charge in [0.15, 0.2) is 0 Å². The average Bonchev–Trinajstić information content (AvgIpc) is 2.52. The first-order valence-electron chi connectivity index (χ1n) is 7.84. The van der Waals surface area contributed by atoms with Crippen LogP contribution in [0.5, 0.6) is 5.75 Å². The zero-order chi connectivity index (χ0) is 17.8. The fourth-order valence-corrected chi connectivity index (χ4v) is 2.03. The van der Waals surface area contributed by atoms with E-state index in [1.165, 1.54) is 18.4 Å². The highest BCUT2D eigenvalue weighted by atomic mass is 32.2. The molecule has 0 bridgehead atoms. The van der Waals surface area contributed by atoms with Gasteiger partial charge in [0.1, 0.15) is 11.4 Å². The van der Waals surface area contributed by atoms with Gasteiger partial charge in [-0.3, -0.25) is 0 Å². The second-order valence-electron chi connectivity index (χ2n) is 5.49. The minimum absolute atomic E-state index is 0.604. The molecule has 132 valence electrons. The maximum absolute atomic E-state index is 9.08. The molecule has 2 rings (SSSR count). The summed E-state index contributed by atoms with van der Waals surface area (Å²) in [4.78, 5) is 0. The Hall–Kier alpha value is -1.89. The van der Waals surface area contributed by atoms with Crippen LogP contribution in [0.3, 0.4) is 0 Å². The van der Waals surface area contributed by atoms with Crippen LogP contribution in [0.2, 0.25) is 0 Å². The van der Waals surface area contributed by atoms with Crippen LogP contribution in [0.15, 0.2) is 54.6 Å². The van der Waals surface area contributed by atoms with Gasteiger partial charge in [-0.25, -0.2) is 8.42 Å². The van der Waals surface area contributed by atoms with Gasteiger partial charge in [0, 0.05) is 18.4 Å². The number of unbranched alkanes of at least 4 members (excludes halogenated alkanes) is 2. The normalized spacial score (nSPS) is 10.6. The van der Waals surface area contributed by atoms with Crippen LogP contribution in [-0.4, -0.2) is 25.8 Å². The first-order chi connectivity index (χ1) is 11.3. The van der Waals surface area contributed by atoms with E-state index in [0.29, 0.717) is 6.26 Å². The quantitative estimate of drug-likeness (QED) is 0.612. The summed E-state index contributed by atoms with van der Waals surface area (Å²) in [6, 6.07) is 18.6. The van der Waals surface area contributed by atoms with Gasteiger partial charge < -0.3 is 15.0 Å². The molecule has 0 spiro atoms. The summed E-state index contributed by atoms with van der Waals surface area (Å²) >= 11 is 0. The highest BCUT2D eigenvalue weighted by Gasteiger charge is 1.96. The molecular weight excluding hydrogens is 326 g/mol. The lowest BCUT2D eigenvalue weighted by Gasteiger charge is -2.06. The highest BCUT2D eigenvalue weighted by Crippen LogP contribution is 2.13. The van der Waals surface area contributed by atoms with Crippen LogP contribution in [0.4, 0.5) is 5.69 Å². The Morgan fingerprint density at radius 2 is 1.54 bits per heavy atom. The SMILES string of the molecule is CS(=O)(=O)[O-].[NH3+]c1ccc(OCCCCCc2ccccc2)cc1. The Kier molecular flexibility index (Phi) is 9.07. The van der Waals surface area contributed by atoms with Crippen LogP contribution >= 0.6 is 0 Å². The molecule has 3 N–H and O–H groups in total. The van der Waals surface area contributed by atoms with Crippen LogP contribution in [0.25, 0.3) is 0 Å². The second-order valence-corrected chi connectivity index (χ2v) is 6.90. The minimum Gasteiger partial charge on any atom is -0.748 e. The molecule has 0 amide bonds. The van der Waals surface area contributed by atoms with Gasteiger partial charge in [-0.15, -0.1) is 0 Å². The van der Waals surface area contributed by atoms with Gasteiger partial charge in [-0.05, 0) is 43.4 Å². The number of benzene rings is 2. The van der Waals surface area contributed by atoms with Crippen molar-refractivity contribution in [2.24, 2.45) is 0 Å². The van der Waals surface area contributed by atoms with E-state index in [4.69, 9.17) is 17.7 Å². The molecule has 0 saturated carbocycles. The number of rotatable bonds is 7. The van der Waals surface area contributed by atoms with Crippen molar-refractivity contribution in [2.45, 2.75) is 25.7 Å². The summed E-state index contributed by atoms with van der Waals surface area (Å²) < 4.78 is 32.9. The zero-order valence-electron chi connectivity index (χ0n) is 14.0. The summed E-state index contributed by atoms with van der Waals surface area (Å²) in [5, 5.41) is 0. The number of hydrogen-bond acceptors (Lipinski definition) is 4. The molecule has 6 heteroatoms. The predicted octanol–water partition coefficient (Wildman–Crippen LogP) is 2.51. The van der Waals surface area contributed by atoms with Gasteiger partial charge in [-0.2, -0.15) is 0 Å². The minimum atomic E-state index is -3.92. The summed E-state index contributed by atoms with van der Waals surface area (Å²) in [6.45, 7) is 0.797. The molecule has 0 aliphatic heterocycles. The largest absolute Gasteiger partial charge is 0.748 e. The Labute approximate surface area is 144 Å². The molecule has 0 aliphatic rings. The zero-order valence-corrected chi connectivity index (χ0v) is 14.8. The number of quaternary nitrogens is 1. The van der Waals surface area contributed by atoms with Gasteiger partial charge in [-0.1, -0.05) is 30.3 Å². The Balaban J connectivity index is 0.000000505. The van der Waals surface area contributed by atoms with Crippen molar-refractivity contribution >= 4 is 15.8 Å². The van der Waals surface area contributed by atoms with Crippen LogP contribution in [-0.2, 0) is 16.5 Å². The van der Waals surface area contributed by atoms with Crippen molar-refractivity contribution in [3.63, 3.8) is 0 Å². The molecular formula is C18H25NO4S. The predicted molar refractivity (Wildman–Crippen MR) is 94.1 cm³/mol. The van der Waals surface area contributed by atoms with Crippen molar-refractivity contribution in [3.05, 3.63) is 60.2 Å². The van der Waals surface area contributed by atoms with E-state index in [1.807, 2.05) is 24.3 Å². The standard InChI is InChI=1S/C17H21NO.CH4O3S/c18-16-10-12-17(13-11-16)19-14-6-2-5-9-15-7-3-1-4-8-15;1-5(2,3)4/h1,3-4,7-8,10-13H,2,5-6,9,14,18H2;1H3,(H,2,3,4). The summed E-state index contributed by atoms with van der Waals surface area (Å²) in [5.41, 5.74) is 6.30.